The van der Waals surface area contributed by atoms with Crippen molar-refractivity contribution < 1.29 is 19.1 Å². The van der Waals surface area contributed by atoms with E-state index in [1.54, 1.807) is 20.8 Å². The van der Waals surface area contributed by atoms with Gasteiger partial charge in [0, 0.05) is 6.42 Å². The standard InChI is InChI=1S/C16H30O4/c1-5-6-7-8-9-10-11-12-14(17)13-19-15(18)20-16(2,3)4/h5-13H2,1-4H3. The normalized spacial score (nSPS) is 11.2. The van der Waals surface area contributed by atoms with Crippen LogP contribution in [0.2, 0.25) is 0 Å². The molecule has 0 N–H and O–H groups in total. The summed E-state index contributed by atoms with van der Waals surface area (Å²) < 4.78 is 9.73. The zero-order valence-corrected chi connectivity index (χ0v) is 13.5. The fourth-order valence-electron chi connectivity index (χ4n) is 1.77. The zero-order valence-electron chi connectivity index (χ0n) is 13.5. The SMILES string of the molecule is CCCCCCCCCC(=O)COC(=O)OC(C)(C)C. The maximum atomic E-state index is 11.5. The third kappa shape index (κ3) is 13.4. The Labute approximate surface area is 123 Å². The van der Waals surface area contributed by atoms with Crippen LogP contribution in [0.25, 0.3) is 0 Å². The van der Waals surface area contributed by atoms with E-state index in [1.165, 1.54) is 32.1 Å². The summed E-state index contributed by atoms with van der Waals surface area (Å²) in [6, 6.07) is 0. The number of Topliss-reactive ketones (excluding diaryl/α,β-unsaturated/α-hetero) is 1. The number of ether oxygens (including phenoxy) is 2. The highest BCUT2D eigenvalue weighted by atomic mass is 16.7. The van der Waals surface area contributed by atoms with E-state index in [1.807, 2.05) is 0 Å². The lowest BCUT2D eigenvalue weighted by molar-refractivity contribution is -0.123. The molecule has 0 saturated heterocycles. The molecule has 0 bridgehead atoms. The van der Waals surface area contributed by atoms with Crippen molar-refractivity contribution in [2.45, 2.75) is 84.7 Å². The van der Waals surface area contributed by atoms with Crippen LogP contribution in [0.5, 0.6) is 0 Å². The van der Waals surface area contributed by atoms with Crippen LogP contribution in [0, 0.1) is 0 Å². The Balaban J connectivity index is 3.48. The molecule has 0 aromatic carbocycles. The van der Waals surface area contributed by atoms with Gasteiger partial charge in [-0.1, -0.05) is 45.4 Å². The van der Waals surface area contributed by atoms with Crippen molar-refractivity contribution in [1.82, 2.24) is 0 Å². The molecule has 0 saturated carbocycles. The van der Waals surface area contributed by atoms with Gasteiger partial charge in [-0.25, -0.2) is 4.79 Å². The molecule has 0 amide bonds. The second-order valence-electron chi connectivity index (χ2n) is 6.16. The van der Waals surface area contributed by atoms with Crippen LogP contribution >= 0.6 is 0 Å². The number of carbonyl (C=O) groups is 2. The van der Waals surface area contributed by atoms with Crippen molar-refractivity contribution in [2.24, 2.45) is 0 Å². The Morgan fingerprint density at radius 2 is 1.45 bits per heavy atom. The van der Waals surface area contributed by atoms with Gasteiger partial charge in [-0.3, -0.25) is 4.79 Å². The van der Waals surface area contributed by atoms with Gasteiger partial charge in [-0.15, -0.1) is 0 Å². The highest BCUT2D eigenvalue weighted by molar-refractivity contribution is 5.81. The first-order chi connectivity index (χ1) is 9.35. The number of rotatable bonds is 10. The van der Waals surface area contributed by atoms with Crippen LogP contribution in [-0.2, 0) is 14.3 Å². The van der Waals surface area contributed by atoms with Crippen LogP contribution in [0.3, 0.4) is 0 Å². The number of hydrogen-bond donors (Lipinski definition) is 0. The number of carbonyl (C=O) groups excluding carboxylic acids is 2. The maximum Gasteiger partial charge on any atom is 0.509 e. The van der Waals surface area contributed by atoms with Crippen molar-refractivity contribution in [3.8, 4) is 0 Å². The second-order valence-corrected chi connectivity index (χ2v) is 6.16. The summed E-state index contributed by atoms with van der Waals surface area (Å²) in [5, 5.41) is 0. The topological polar surface area (TPSA) is 52.6 Å². The van der Waals surface area contributed by atoms with Crippen LogP contribution in [0.4, 0.5) is 4.79 Å². The quantitative estimate of drug-likeness (QED) is 0.433. The minimum Gasteiger partial charge on any atom is -0.429 e. The molecule has 0 aromatic rings. The minimum absolute atomic E-state index is 0.0376. The van der Waals surface area contributed by atoms with Gasteiger partial charge >= 0.3 is 6.16 Å². The molecule has 0 aliphatic carbocycles. The lowest BCUT2D eigenvalue weighted by atomic mass is 10.1. The van der Waals surface area contributed by atoms with Gasteiger partial charge in [-0.2, -0.15) is 0 Å². The van der Waals surface area contributed by atoms with E-state index in [-0.39, 0.29) is 12.4 Å². The van der Waals surface area contributed by atoms with Gasteiger partial charge in [0.05, 0.1) is 0 Å². The number of hydrogen-bond acceptors (Lipinski definition) is 4. The largest absolute Gasteiger partial charge is 0.509 e. The van der Waals surface area contributed by atoms with Crippen molar-refractivity contribution >= 4 is 11.9 Å². The molecule has 0 aromatic heterocycles. The molecule has 0 radical (unpaired) electrons. The molecule has 0 fully saturated rings. The molecule has 0 heterocycles. The molecule has 0 aliphatic heterocycles. The first-order valence-corrected chi connectivity index (χ1v) is 7.72. The van der Waals surface area contributed by atoms with Crippen LogP contribution < -0.4 is 0 Å². The smallest absolute Gasteiger partial charge is 0.429 e. The van der Waals surface area contributed by atoms with E-state index >= 15 is 0 Å². The van der Waals surface area contributed by atoms with E-state index in [0.29, 0.717) is 6.42 Å². The lowest BCUT2D eigenvalue weighted by Gasteiger charge is -2.18. The summed E-state index contributed by atoms with van der Waals surface area (Å²) in [5.41, 5.74) is -0.585. The van der Waals surface area contributed by atoms with Gasteiger partial charge in [0.25, 0.3) is 0 Å². The van der Waals surface area contributed by atoms with Crippen LogP contribution in [0.15, 0.2) is 0 Å². The van der Waals surface area contributed by atoms with Gasteiger partial charge < -0.3 is 9.47 Å². The Bertz CT molecular complexity index is 279. The second kappa shape index (κ2) is 10.7. The molecule has 0 atom stereocenters. The molecule has 0 rings (SSSR count). The van der Waals surface area contributed by atoms with Crippen LogP contribution in [0.1, 0.15) is 79.1 Å². The summed E-state index contributed by atoms with van der Waals surface area (Å²) in [4.78, 5) is 22.8. The molecule has 0 unspecified atom stereocenters. The summed E-state index contributed by atoms with van der Waals surface area (Å²) in [5.74, 6) is -0.0376. The average Bonchev–Trinajstić information content (AvgIpc) is 2.33. The van der Waals surface area contributed by atoms with E-state index < -0.39 is 11.8 Å². The maximum absolute atomic E-state index is 11.5. The Morgan fingerprint density at radius 3 is 2.00 bits per heavy atom. The van der Waals surface area contributed by atoms with E-state index in [9.17, 15) is 9.59 Å². The molecule has 118 valence electrons. The summed E-state index contributed by atoms with van der Waals surface area (Å²) in [6.45, 7) is 7.30. The van der Waals surface area contributed by atoms with Crippen molar-refractivity contribution in [2.75, 3.05) is 6.61 Å². The fourth-order valence-corrected chi connectivity index (χ4v) is 1.77. The van der Waals surface area contributed by atoms with Crippen molar-refractivity contribution in [3.05, 3.63) is 0 Å². The van der Waals surface area contributed by atoms with Crippen LogP contribution in [-0.4, -0.2) is 24.1 Å². The zero-order chi connectivity index (χ0) is 15.4. The first-order valence-electron chi connectivity index (χ1n) is 7.72. The summed E-state index contributed by atoms with van der Waals surface area (Å²) >= 11 is 0. The Hall–Kier alpha value is -1.06. The van der Waals surface area contributed by atoms with Crippen molar-refractivity contribution in [3.63, 3.8) is 0 Å². The summed E-state index contributed by atoms with van der Waals surface area (Å²) in [6.07, 6.45) is 7.91. The third-order valence-electron chi connectivity index (χ3n) is 2.80. The van der Waals surface area contributed by atoms with Gasteiger partial charge in [0.2, 0.25) is 0 Å². The molecular weight excluding hydrogens is 256 g/mol. The van der Waals surface area contributed by atoms with E-state index in [4.69, 9.17) is 9.47 Å². The fraction of sp³-hybridized carbons (Fsp3) is 0.875. The number of unbranched alkanes of at least 4 members (excludes halogenated alkanes) is 6. The van der Waals surface area contributed by atoms with E-state index in [0.717, 1.165) is 12.8 Å². The highest BCUT2D eigenvalue weighted by Gasteiger charge is 2.18. The van der Waals surface area contributed by atoms with Gasteiger partial charge in [0.15, 0.2) is 12.4 Å². The summed E-state index contributed by atoms with van der Waals surface area (Å²) in [7, 11) is 0. The van der Waals surface area contributed by atoms with Crippen molar-refractivity contribution in [1.29, 1.82) is 0 Å². The first kappa shape index (κ1) is 18.9. The van der Waals surface area contributed by atoms with Gasteiger partial charge in [0.1, 0.15) is 5.60 Å². The minimum atomic E-state index is -0.773. The lowest BCUT2D eigenvalue weighted by Crippen LogP contribution is -2.25. The molecule has 0 spiro atoms. The number of ketones is 1. The Kier molecular flexibility index (Phi) is 10.1. The average molecular weight is 286 g/mol. The Morgan fingerprint density at radius 1 is 0.900 bits per heavy atom. The van der Waals surface area contributed by atoms with Gasteiger partial charge in [-0.05, 0) is 27.2 Å². The molecule has 4 heteroatoms. The molecule has 0 aliphatic rings. The molecule has 20 heavy (non-hydrogen) atoms. The highest BCUT2D eigenvalue weighted by Crippen LogP contribution is 2.10. The predicted octanol–water partition coefficient (Wildman–Crippen LogP) is 4.65. The monoisotopic (exact) mass is 286 g/mol. The predicted molar refractivity (Wildman–Crippen MR) is 79.8 cm³/mol. The van der Waals surface area contributed by atoms with E-state index in [2.05, 4.69) is 6.92 Å². The molecular formula is C16H30O4. The molecule has 4 nitrogen and oxygen atoms in total. The third-order valence-corrected chi connectivity index (χ3v) is 2.80.